The molecule has 2 fully saturated rings. The molecule has 1 aromatic carbocycles. The van der Waals surface area contributed by atoms with Gasteiger partial charge in [0.05, 0.1) is 5.54 Å². The SMILES string of the molecule is O=C(CC1CCCC1)NC1(c2cccc(Br)c2)CCC1. The maximum absolute atomic E-state index is 12.3. The molecule has 0 atom stereocenters. The van der Waals surface area contributed by atoms with Gasteiger partial charge < -0.3 is 5.32 Å². The number of benzene rings is 1. The van der Waals surface area contributed by atoms with Gasteiger partial charge in [-0.3, -0.25) is 4.79 Å². The summed E-state index contributed by atoms with van der Waals surface area (Å²) in [5.74, 6) is 0.867. The summed E-state index contributed by atoms with van der Waals surface area (Å²) in [5, 5.41) is 3.34. The predicted molar refractivity (Wildman–Crippen MR) is 84.4 cm³/mol. The van der Waals surface area contributed by atoms with Gasteiger partial charge in [0.15, 0.2) is 0 Å². The smallest absolute Gasteiger partial charge is 0.220 e. The van der Waals surface area contributed by atoms with Gasteiger partial charge >= 0.3 is 0 Å². The molecule has 3 heteroatoms. The van der Waals surface area contributed by atoms with Crippen molar-refractivity contribution in [1.29, 1.82) is 0 Å². The highest BCUT2D eigenvalue weighted by Gasteiger charge is 2.40. The highest BCUT2D eigenvalue weighted by molar-refractivity contribution is 9.10. The van der Waals surface area contributed by atoms with Crippen molar-refractivity contribution >= 4 is 21.8 Å². The number of halogens is 1. The molecule has 2 aliphatic carbocycles. The Morgan fingerprint density at radius 2 is 2.00 bits per heavy atom. The van der Waals surface area contributed by atoms with E-state index in [1.807, 2.05) is 6.07 Å². The molecule has 1 aromatic rings. The number of rotatable bonds is 4. The van der Waals surface area contributed by atoms with Gasteiger partial charge in [-0.05, 0) is 55.7 Å². The number of hydrogen-bond acceptors (Lipinski definition) is 1. The Morgan fingerprint density at radius 1 is 1.25 bits per heavy atom. The first-order chi connectivity index (χ1) is 9.68. The van der Waals surface area contributed by atoms with E-state index < -0.39 is 0 Å². The van der Waals surface area contributed by atoms with E-state index >= 15 is 0 Å². The summed E-state index contributed by atoms with van der Waals surface area (Å²) in [7, 11) is 0. The Morgan fingerprint density at radius 3 is 2.60 bits per heavy atom. The third kappa shape index (κ3) is 2.93. The standard InChI is InChI=1S/C17H22BrNO/c18-15-8-3-7-14(12-15)17(9-4-10-17)19-16(20)11-13-5-1-2-6-13/h3,7-8,12-13H,1-2,4-6,9-11H2,(H,19,20). The van der Waals surface area contributed by atoms with Crippen molar-refractivity contribution in [2.24, 2.45) is 5.92 Å². The van der Waals surface area contributed by atoms with Crippen molar-refractivity contribution in [3.05, 3.63) is 34.3 Å². The van der Waals surface area contributed by atoms with Crippen molar-refractivity contribution < 1.29 is 4.79 Å². The number of carbonyl (C=O) groups is 1. The topological polar surface area (TPSA) is 29.1 Å². The van der Waals surface area contributed by atoms with Crippen LogP contribution in [-0.4, -0.2) is 5.91 Å². The minimum atomic E-state index is -0.0978. The van der Waals surface area contributed by atoms with E-state index in [1.54, 1.807) is 0 Å². The van der Waals surface area contributed by atoms with E-state index in [9.17, 15) is 4.79 Å². The van der Waals surface area contributed by atoms with Crippen molar-refractivity contribution in [2.45, 2.75) is 56.9 Å². The third-order valence-electron chi connectivity index (χ3n) is 4.91. The van der Waals surface area contributed by atoms with E-state index in [-0.39, 0.29) is 11.4 Å². The molecular weight excluding hydrogens is 314 g/mol. The first kappa shape index (κ1) is 14.1. The summed E-state index contributed by atoms with van der Waals surface area (Å²) in [6, 6.07) is 8.38. The molecule has 2 saturated carbocycles. The van der Waals surface area contributed by atoms with Crippen LogP contribution in [0.5, 0.6) is 0 Å². The quantitative estimate of drug-likeness (QED) is 0.860. The fraction of sp³-hybridized carbons (Fsp3) is 0.588. The zero-order valence-electron chi connectivity index (χ0n) is 11.8. The molecule has 0 spiro atoms. The van der Waals surface area contributed by atoms with Gasteiger partial charge in [-0.15, -0.1) is 0 Å². The van der Waals surface area contributed by atoms with E-state index in [1.165, 1.54) is 37.7 Å². The molecule has 0 aliphatic heterocycles. The summed E-state index contributed by atoms with van der Waals surface area (Å²) in [4.78, 5) is 12.3. The molecule has 0 aromatic heterocycles. The van der Waals surface area contributed by atoms with Crippen molar-refractivity contribution in [3.8, 4) is 0 Å². The molecule has 3 rings (SSSR count). The fourth-order valence-electron chi connectivity index (χ4n) is 3.60. The van der Waals surface area contributed by atoms with Crippen LogP contribution in [0, 0.1) is 5.92 Å². The van der Waals surface area contributed by atoms with E-state index in [0.717, 1.165) is 23.7 Å². The molecule has 0 saturated heterocycles. The Balaban J connectivity index is 1.68. The Bertz CT molecular complexity index is 490. The number of amides is 1. The summed E-state index contributed by atoms with van der Waals surface area (Å²) < 4.78 is 1.09. The number of carbonyl (C=O) groups excluding carboxylic acids is 1. The lowest BCUT2D eigenvalue weighted by Gasteiger charge is -2.43. The molecule has 2 nitrogen and oxygen atoms in total. The number of nitrogens with one attached hydrogen (secondary N) is 1. The highest BCUT2D eigenvalue weighted by atomic mass is 79.9. The molecular formula is C17H22BrNO. The van der Waals surface area contributed by atoms with Gasteiger partial charge in [0.25, 0.3) is 0 Å². The molecule has 1 amide bonds. The van der Waals surface area contributed by atoms with Crippen molar-refractivity contribution in [3.63, 3.8) is 0 Å². The number of hydrogen-bond donors (Lipinski definition) is 1. The van der Waals surface area contributed by atoms with Gasteiger partial charge in [-0.25, -0.2) is 0 Å². The monoisotopic (exact) mass is 335 g/mol. The van der Waals surface area contributed by atoms with Crippen LogP contribution >= 0.6 is 15.9 Å². The Kier molecular flexibility index (Phi) is 4.16. The van der Waals surface area contributed by atoms with Crippen LogP contribution in [0.2, 0.25) is 0 Å². The second-order valence-electron chi connectivity index (χ2n) is 6.35. The Hall–Kier alpha value is -0.830. The zero-order valence-corrected chi connectivity index (χ0v) is 13.4. The van der Waals surface area contributed by atoms with Crippen molar-refractivity contribution in [2.75, 3.05) is 0 Å². The van der Waals surface area contributed by atoms with E-state index in [2.05, 4.69) is 39.4 Å². The maximum atomic E-state index is 12.3. The van der Waals surface area contributed by atoms with Crippen LogP contribution in [0.15, 0.2) is 28.7 Å². The van der Waals surface area contributed by atoms with Crippen LogP contribution in [0.1, 0.15) is 56.9 Å². The summed E-state index contributed by atoms with van der Waals surface area (Å²) >= 11 is 3.53. The second kappa shape index (κ2) is 5.88. The predicted octanol–water partition coefficient (Wildman–Crippen LogP) is 4.52. The molecule has 0 heterocycles. The van der Waals surface area contributed by atoms with Gasteiger partial charge in [0.1, 0.15) is 0 Å². The van der Waals surface area contributed by atoms with Gasteiger partial charge in [0, 0.05) is 10.9 Å². The lowest BCUT2D eigenvalue weighted by Crippen LogP contribution is -2.51. The summed E-state index contributed by atoms with van der Waals surface area (Å²) in [6.07, 6.45) is 9.13. The van der Waals surface area contributed by atoms with E-state index in [4.69, 9.17) is 0 Å². The molecule has 108 valence electrons. The Labute approximate surface area is 129 Å². The summed E-state index contributed by atoms with van der Waals surface area (Å²) in [6.45, 7) is 0. The molecule has 20 heavy (non-hydrogen) atoms. The molecule has 1 N–H and O–H groups in total. The lowest BCUT2D eigenvalue weighted by molar-refractivity contribution is -0.125. The van der Waals surface area contributed by atoms with Crippen LogP contribution < -0.4 is 5.32 Å². The van der Waals surface area contributed by atoms with Gasteiger partial charge in [-0.2, -0.15) is 0 Å². The van der Waals surface area contributed by atoms with Crippen LogP contribution in [0.3, 0.4) is 0 Å². The average Bonchev–Trinajstić information content (AvgIpc) is 2.86. The minimum Gasteiger partial charge on any atom is -0.347 e. The van der Waals surface area contributed by atoms with Crippen LogP contribution in [0.4, 0.5) is 0 Å². The normalized spacial score (nSPS) is 21.4. The van der Waals surface area contributed by atoms with Crippen LogP contribution in [-0.2, 0) is 10.3 Å². The van der Waals surface area contributed by atoms with E-state index in [0.29, 0.717) is 5.92 Å². The first-order valence-electron chi connectivity index (χ1n) is 7.75. The first-order valence-corrected chi connectivity index (χ1v) is 8.54. The highest BCUT2D eigenvalue weighted by Crippen LogP contribution is 2.42. The fourth-order valence-corrected chi connectivity index (χ4v) is 4.00. The molecule has 0 radical (unpaired) electrons. The van der Waals surface area contributed by atoms with Gasteiger partial charge in [-0.1, -0.05) is 40.9 Å². The molecule has 0 bridgehead atoms. The average molecular weight is 336 g/mol. The lowest BCUT2D eigenvalue weighted by atomic mass is 9.71. The zero-order chi connectivity index (χ0) is 14.0. The molecule has 2 aliphatic rings. The van der Waals surface area contributed by atoms with Crippen molar-refractivity contribution in [1.82, 2.24) is 5.32 Å². The summed E-state index contributed by atoms with van der Waals surface area (Å²) in [5.41, 5.74) is 1.15. The minimum absolute atomic E-state index is 0.0978. The van der Waals surface area contributed by atoms with Crippen LogP contribution in [0.25, 0.3) is 0 Å². The molecule has 0 unspecified atom stereocenters. The maximum Gasteiger partial charge on any atom is 0.220 e. The largest absolute Gasteiger partial charge is 0.347 e. The van der Waals surface area contributed by atoms with Gasteiger partial charge in [0.2, 0.25) is 5.91 Å². The second-order valence-corrected chi connectivity index (χ2v) is 7.26. The third-order valence-corrected chi connectivity index (χ3v) is 5.41.